The number of rotatable bonds is 2. The minimum atomic E-state index is -4.58. The zero-order chi connectivity index (χ0) is 15.8. The molecule has 1 aromatic carbocycles. The van der Waals surface area contributed by atoms with E-state index in [2.05, 4.69) is 26.2 Å². The van der Waals surface area contributed by atoms with Gasteiger partial charge in [-0.15, -0.1) is 0 Å². The van der Waals surface area contributed by atoms with E-state index in [0.717, 1.165) is 17.4 Å². The molecule has 0 bridgehead atoms. The Hall–Kier alpha value is -1.61. The lowest BCUT2D eigenvalue weighted by molar-refractivity contribution is -0.136. The molecule has 0 aliphatic carbocycles. The highest BCUT2D eigenvalue weighted by atomic mass is 79.9. The molecule has 3 N–H and O–H groups in total. The maximum absolute atomic E-state index is 13.0. The number of nitrogen functional groups attached to an aromatic ring is 1. The van der Waals surface area contributed by atoms with Crippen LogP contribution in [0.3, 0.4) is 0 Å². The molecule has 112 valence electrons. The molecule has 0 spiro atoms. The Morgan fingerprint density at radius 1 is 1.43 bits per heavy atom. The van der Waals surface area contributed by atoms with Crippen LogP contribution in [0.4, 0.5) is 24.0 Å². The van der Waals surface area contributed by atoms with Crippen molar-refractivity contribution in [2.24, 2.45) is 0 Å². The number of aryl methyl sites for hydroxylation is 1. The van der Waals surface area contributed by atoms with Crippen molar-refractivity contribution in [3.8, 4) is 0 Å². The van der Waals surface area contributed by atoms with Gasteiger partial charge in [-0.25, -0.2) is 4.98 Å². The number of hydrogen-bond donors (Lipinski definition) is 2. The molecule has 1 heterocycles. The molecule has 2 aromatic rings. The monoisotopic (exact) mass is 379 g/mol. The fourth-order valence-electron chi connectivity index (χ4n) is 1.67. The van der Waals surface area contributed by atoms with Crippen molar-refractivity contribution in [2.45, 2.75) is 13.1 Å². The average molecular weight is 380 g/mol. The van der Waals surface area contributed by atoms with E-state index in [-0.39, 0.29) is 20.2 Å². The van der Waals surface area contributed by atoms with E-state index in [1.807, 2.05) is 0 Å². The van der Waals surface area contributed by atoms with Gasteiger partial charge in [0.15, 0.2) is 5.13 Å². The zero-order valence-corrected chi connectivity index (χ0v) is 13.0. The molecule has 0 saturated carbocycles. The standard InChI is InChI=1S/C12H9BrF3N3OS/c1-5-9(21-11(17)18-5)10(20)19-8-3-2-6(13)4-7(8)12(14,15)16/h2-4H,1H3,(H2,17,18)(H,19,20). The summed E-state index contributed by atoms with van der Waals surface area (Å²) in [6.45, 7) is 1.56. The first-order valence-electron chi connectivity index (χ1n) is 5.59. The summed E-state index contributed by atoms with van der Waals surface area (Å²) in [6, 6.07) is 3.51. The van der Waals surface area contributed by atoms with Crippen molar-refractivity contribution < 1.29 is 18.0 Å². The summed E-state index contributed by atoms with van der Waals surface area (Å²) in [5.74, 6) is -0.672. The van der Waals surface area contributed by atoms with Gasteiger partial charge < -0.3 is 11.1 Å². The van der Waals surface area contributed by atoms with Gasteiger partial charge in [-0.2, -0.15) is 13.2 Å². The third kappa shape index (κ3) is 3.53. The first-order valence-corrected chi connectivity index (χ1v) is 7.20. The van der Waals surface area contributed by atoms with Gasteiger partial charge in [-0.3, -0.25) is 4.79 Å². The van der Waals surface area contributed by atoms with E-state index in [1.54, 1.807) is 6.92 Å². The van der Waals surface area contributed by atoms with Crippen molar-refractivity contribution in [1.82, 2.24) is 4.98 Å². The maximum atomic E-state index is 13.0. The van der Waals surface area contributed by atoms with E-state index in [4.69, 9.17) is 5.73 Å². The number of nitrogens with one attached hydrogen (secondary N) is 1. The second-order valence-corrected chi connectivity index (χ2v) is 6.05. The summed E-state index contributed by atoms with van der Waals surface area (Å²) in [7, 11) is 0. The minimum absolute atomic E-state index is 0.184. The third-order valence-electron chi connectivity index (χ3n) is 2.55. The van der Waals surface area contributed by atoms with Gasteiger partial charge in [0.1, 0.15) is 4.88 Å². The van der Waals surface area contributed by atoms with Crippen LogP contribution in [0.25, 0.3) is 0 Å². The van der Waals surface area contributed by atoms with Gasteiger partial charge in [0, 0.05) is 4.47 Å². The van der Waals surface area contributed by atoms with Gasteiger partial charge in [-0.05, 0) is 25.1 Å². The molecule has 4 nitrogen and oxygen atoms in total. The molecule has 0 radical (unpaired) electrons. The Morgan fingerprint density at radius 3 is 2.62 bits per heavy atom. The summed E-state index contributed by atoms with van der Waals surface area (Å²) < 4.78 is 39.2. The van der Waals surface area contributed by atoms with Gasteiger partial charge in [0.2, 0.25) is 0 Å². The minimum Gasteiger partial charge on any atom is -0.375 e. The summed E-state index contributed by atoms with van der Waals surface area (Å²) in [5.41, 5.74) is 4.60. The van der Waals surface area contributed by atoms with Gasteiger partial charge in [-0.1, -0.05) is 27.3 Å². The van der Waals surface area contributed by atoms with Gasteiger partial charge in [0.05, 0.1) is 16.9 Å². The molecule has 9 heteroatoms. The summed E-state index contributed by atoms with van der Waals surface area (Å²) in [6.07, 6.45) is -4.58. The summed E-state index contributed by atoms with van der Waals surface area (Å²) in [5, 5.41) is 2.43. The third-order valence-corrected chi connectivity index (χ3v) is 4.03. The quantitative estimate of drug-likeness (QED) is 0.826. The SMILES string of the molecule is Cc1nc(N)sc1C(=O)Nc1ccc(Br)cc1C(F)(F)F. The fourth-order valence-corrected chi connectivity index (χ4v) is 2.76. The largest absolute Gasteiger partial charge is 0.418 e. The number of amides is 1. The molecule has 1 amide bonds. The normalized spacial score (nSPS) is 11.5. The molecule has 21 heavy (non-hydrogen) atoms. The predicted molar refractivity (Wildman–Crippen MR) is 78.4 cm³/mol. The Morgan fingerprint density at radius 2 is 2.10 bits per heavy atom. The number of carbonyl (C=O) groups is 1. The first-order chi connectivity index (χ1) is 9.68. The van der Waals surface area contributed by atoms with Crippen molar-refractivity contribution in [1.29, 1.82) is 0 Å². The molecule has 0 fully saturated rings. The fraction of sp³-hybridized carbons (Fsp3) is 0.167. The second kappa shape index (κ2) is 5.64. The van der Waals surface area contributed by atoms with Gasteiger partial charge in [0.25, 0.3) is 5.91 Å². The van der Waals surface area contributed by atoms with Crippen LogP contribution < -0.4 is 11.1 Å². The lowest BCUT2D eigenvalue weighted by atomic mass is 10.1. The number of hydrogen-bond acceptors (Lipinski definition) is 4. The number of halogens is 4. The predicted octanol–water partition coefficient (Wildman–Crippen LogP) is 4.07. The maximum Gasteiger partial charge on any atom is 0.418 e. The number of anilines is 2. The van der Waals surface area contributed by atoms with Crippen LogP contribution in [0.5, 0.6) is 0 Å². The van der Waals surface area contributed by atoms with Crippen LogP contribution in [0.15, 0.2) is 22.7 Å². The number of nitrogens with zero attached hydrogens (tertiary/aromatic N) is 1. The Balaban J connectivity index is 2.36. The van der Waals surface area contributed by atoms with Crippen LogP contribution in [-0.2, 0) is 6.18 Å². The molecule has 2 rings (SSSR count). The highest BCUT2D eigenvalue weighted by Gasteiger charge is 2.34. The van der Waals surface area contributed by atoms with Crippen LogP contribution >= 0.6 is 27.3 Å². The average Bonchev–Trinajstić information content (AvgIpc) is 2.69. The summed E-state index contributed by atoms with van der Waals surface area (Å²) in [4.78, 5) is 16.1. The van der Waals surface area contributed by atoms with Crippen molar-refractivity contribution in [3.63, 3.8) is 0 Å². The van der Waals surface area contributed by atoms with Gasteiger partial charge >= 0.3 is 6.18 Å². The molecule has 1 aromatic heterocycles. The van der Waals surface area contributed by atoms with Crippen molar-refractivity contribution >= 4 is 44.0 Å². The molecular formula is C12H9BrF3N3OS. The van der Waals surface area contributed by atoms with Crippen LogP contribution in [0, 0.1) is 6.92 Å². The van der Waals surface area contributed by atoms with E-state index in [0.29, 0.717) is 5.69 Å². The number of alkyl halides is 3. The van der Waals surface area contributed by atoms with E-state index >= 15 is 0 Å². The van der Waals surface area contributed by atoms with Crippen LogP contribution in [-0.4, -0.2) is 10.9 Å². The van der Waals surface area contributed by atoms with Crippen molar-refractivity contribution in [2.75, 3.05) is 11.1 Å². The molecule has 0 aliphatic heterocycles. The summed E-state index contributed by atoms with van der Waals surface area (Å²) >= 11 is 3.90. The van der Waals surface area contributed by atoms with E-state index < -0.39 is 17.6 Å². The molecule has 0 saturated heterocycles. The van der Waals surface area contributed by atoms with E-state index in [9.17, 15) is 18.0 Å². The Kier molecular flexibility index (Phi) is 4.24. The zero-order valence-electron chi connectivity index (χ0n) is 10.6. The smallest absolute Gasteiger partial charge is 0.375 e. The number of benzene rings is 1. The highest BCUT2D eigenvalue weighted by Crippen LogP contribution is 2.37. The number of thiazole rings is 1. The van der Waals surface area contributed by atoms with Crippen LogP contribution in [0.2, 0.25) is 0 Å². The van der Waals surface area contributed by atoms with Crippen molar-refractivity contribution in [3.05, 3.63) is 38.8 Å². The van der Waals surface area contributed by atoms with E-state index in [1.165, 1.54) is 12.1 Å². The Labute approximate surface area is 130 Å². The molecule has 0 aliphatic rings. The number of carbonyl (C=O) groups excluding carboxylic acids is 1. The Bertz CT molecular complexity index is 700. The second-order valence-electron chi connectivity index (χ2n) is 4.11. The number of aromatic nitrogens is 1. The highest BCUT2D eigenvalue weighted by molar-refractivity contribution is 9.10. The molecule has 0 unspecified atom stereocenters. The molecular weight excluding hydrogens is 371 g/mol. The topological polar surface area (TPSA) is 68.0 Å². The lowest BCUT2D eigenvalue weighted by Gasteiger charge is -2.13. The number of nitrogens with two attached hydrogens (primary N) is 1. The van der Waals surface area contributed by atoms with Crippen LogP contribution in [0.1, 0.15) is 20.9 Å². The first kappa shape index (κ1) is 15.8. The molecule has 0 atom stereocenters. The lowest BCUT2D eigenvalue weighted by Crippen LogP contribution is -2.16.